The second kappa shape index (κ2) is 13.6. The highest BCUT2D eigenvalue weighted by Gasteiger charge is 2.49. The molecule has 0 amide bonds. The number of rotatable bonds is 9. The fraction of sp³-hybridized carbons (Fsp3) is 0.326. The molecule has 3 atom stereocenters. The maximum absolute atomic E-state index is 13.5. The molecule has 1 aliphatic carbocycles. The lowest BCUT2D eigenvalue weighted by Crippen LogP contribution is -2.25. The Morgan fingerprint density at radius 1 is 0.962 bits per heavy atom. The number of allylic oxidation sites excluding steroid dienone is 11. The van der Waals surface area contributed by atoms with Gasteiger partial charge in [0.05, 0.1) is 47.9 Å². The number of nitrogens with one attached hydrogen (secondary N) is 1. The molecular weight excluding hydrogens is 652 g/mol. The Kier molecular flexibility index (Phi) is 9.17. The average Bonchev–Trinajstić information content (AvgIpc) is 3.88. The summed E-state index contributed by atoms with van der Waals surface area (Å²) in [6.45, 7) is 14.3. The molecule has 1 fully saturated rings. The molecule has 1 aromatic carbocycles. The van der Waals surface area contributed by atoms with Crippen LogP contribution in [0.15, 0.2) is 143 Å². The van der Waals surface area contributed by atoms with Crippen molar-refractivity contribution in [1.82, 2.24) is 5.32 Å². The zero-order valence-corrected chi connectivity index (χ0v) is 30.6. The van der Waals surface area contributed by atoms with E-state index in [1.165, 1.54) is 7.11 Å². The molecular formula is C43H44N4O5. The van der Waals surface area contributed by atoms with Crippen LogP contribution < -0.4 is 5.32 Å². The molecule has 0 spiro atoms. The molecule has 7 rings (SSSR count). The molecule has 0 aromatic heterocycles. The van der Waals surface area contributed by atoms with Crippen LogP contribution in [-0.2, 0) is 27.4 Å². The molecule has 5 heterocycles. The predicted octanol–water partition coefficient (Wildman–Crippen LogP) is 7.33. The van der Waals surface area contributed by atoms with Crippen LogP contribution in [0.2, 0.25) is 0 Å². The van der Waals surface area contributed by atoms with Gasteiger partial charge in [0.1, 0.15) is 17.5 Å². The summed E-state index contributed by atoms with van der Waals surface area (Å²) < 4.78 is 5.28. The summed E-state index contributed by atoms with van der Waals surface area (Å²) in [4.78, 5) is 42.2. The third-order valence-corrected chi connectivity index (χ3v) is 11.2. The Labute approximate surface area is 304 Å². The van der Waals surface area contributed by atoms with Crippen LogP contribution in [0, 0.1) is 17.8 Å². The number of methoxy groups -OCH3 is 1. The normalized spacial score (nSPS) is 23.5. The number of aliphatic imine (C=N–C) groups is 3. The number of nitrogens with zero attached hydrogens (tertiary/aromatic N) is 3. The number of benzene rings is 1. The van der Waals surface area contributed by atoms with E-state index in [0.29, 0.717) is 35.4 Å². The predicted molar refractivity (Wildman–Crippen MR) is 203 cm³/mol. The number of Topliss-reactive ketones (excluding diaryl/α,β-unsaturated/α-hetero) is 1. The summed E-state index contributed by atoms with van der Waals surface area (Å²) in [7, 11) is 1.32. The number of hydrogen-bond acceptors (Lipinski definition) is 9. The van der Waals surface area contributed by atoms with E-state index in [2.05, 4.69) is 32.7 Å². The fourth-order valence-corrected chi connectivity index (χ4v) is 8.17. The van der Waals surface area contributed by atoms with Crippen molar-refractivity contribution in [2.24, 2.45) is 32.7 Å². The number of carbonyl (C=O) groups is 2. The summed E-state index contributed by atoms with van der Waals surface area (Å²) in [6.07, 6.45) is 9.72. The van der Waals surface area contributed by atoms with Gasteiger partial charge in [-0.1, -0.05) is 50.8 Å². The third-order valence-electron chi connectivity index (χ3n) is 11.2. The number of aliphatic hydroxyl groups is 2. The lowest BCUT2D eigenvalue weighted by molar-refractivity contribution is -0.143. The molecule has 0 saturated carbocycles. The zero-order valence-electron chi connectivity index (χ0n) is 30.6. The lowest BCUT2D eigenvalue weighted by Gasteiger charge is -2.20. The highest BCUT2D eigenvalue weighted by molar-refractivity contribution is 6.24. The number of fused-ring (bicyclic) bond motifs is 5. The molecule has 5 aliphatic heterocycles. The first-order valence-corrected chi connectivity index (χ1v) is 17.9. The first kappa shape index (κ1) is 35.0. The van der Waals surface area contributed by atoms with Crippen molar-refractivity contribution in [2.45, 2.75) is 66.9 Å². The van der Waals surface area contributed by atoms with Crippen molar-refractivity contribution in [1.29, 1.82) is 0 Å². The summed E-state index contributed by atoms with van der Waals surface area (Å²) in [5, 5.41) is 24.9. The van der Waals surface area contributed by atoms with E-state index in [4.69, 9.17) is 19.7 Å². The topological polar surface area (TPSA) is 133 Å². The summed E-state index contributed by atoms with van der Waals surface area (Å²) >= 11 is 0. The monoisotopic (exact) mass is 696 g/mol. The first-order chi connectivity index (χ1) is 25.0. The standard InChI is InChI=1S/C43H44N4O5/c1-8-28-21(3)31-17-33-23(5)30(15-14-27(49)16-25-10-12-26(20-48)13-11-25)40(46-33)38-39(43(51)52-7)42(50)37-24(6)34(47-41(37)38)19-36-29(9-2)22(4)32(45-36)18-35(28)44-31/h8,10-13,17-19,23,30,39,46,48,50H,1,9,14-16,20H2,2-7H3/t23-,30-,39?/m0/s1. The van der Waals surface area contributed by atoms with E-state index in [1.807, 2.05) is 62.4 Å². The molecule has 0 radical (unpaired) electrons. The number of hydrogen-bond donors (Lipinski definition) is 3. The quantitative estimate of drug-likeness (QED) is 0.232. The minimum Gasteiger partial charge on any atom is -0.510 e. The van der Waals surface area contributed by atoms with Crippen LogP contribution in [0.1, 0.15) is 65.0 Å². The molecule has 52 heavy (non-hydrogen) atoms. The number of aliphatic hydroxyl groups excluding tert-OH is 2. The highest BCUT2D eigenvalue weighted by Crippen LogP contribution is 2.49. The summed E-state index contributed by atoms with van der Waals surface area (Å²) in [5.41, 5.74) is 13.7. The van der Waals surface area contributed by atoms with Gasteiger partial charge in [-0.25, -0.2) is 15.0 Å². The van der Waals surface area contributed by atoms with Crippen molar-refractivity contribution in [3.05, 3.63) is 140 Å². The smallest absolute Gasteiger partial charge is 0.321 e. The molecule has 9 nitrogen and oxygen atoms in total. The molecule has 1 aromatic rings. The van der Waals surface area contributed by atoms with Crippen LogP contribution in [-0.4, -0.2) is 46.2 Å². The molecule has 266 valence electrons. The minimum atomic E-state index is -1.07. The highest BCUT2D eigenvalue weighted by atomic mass is 16.5. The zero-order chi connectivity index (χ0) is 37.0. The Balaban J connectivity index is 1.39. The fourth-order valence-electron chi connectivity index (χ4n) is 8.17. The molecule has 3 N–H and O–H groups in total. The van der Waals surface area contributed by atoms with Gasteiger partial charge in [-0.05, 0) is 85.3 Å². The number of esters is 1. The van der Waals surface area contributed by atoms with Gasteiger partial charge in [0, 0.05) is 52.8 Å². The van der Waals surface area contributed by atoms with Gasteiger partial charge in [0.25, 0.3) is 0 Å². The average molecular weight is 697 g/mol. The second-order valence-electron chi connectivity index (χ2n) is 14.1. The van der Waals surface area contributed by atoms with Crippen LogP contribution in [0.3, 0.4) is 0 Å². The summed E-state index contributed by atoms with van der Waals surface area (Å²) in [6, 6.07) is 7.41. The molecule has 1 unspecified atom stereocenters. The van der Waals surface area contributed by atoms with Gasteiger partial charge in [0.2, 0.25) is 0 Å². The van der Waals surface area contributed by atoms with Crippen molar-refractivity contribution in [3.8, 4) is 0 Å². The van der Waals surface area contributed by atoms with Crippen molar-refractivity contribution in [2.75, 3.05) is 7.11 Å². The van der Waals surface area contributed by atoms with Crippen molar-refractivity contribution in [3.63, 3.8) is 0 Å². The number of carbonyl (C=O) groups excluding carboxylic acids is 2. The maximum Gasteiger partial charge on any atom is 0.321 e. The molecule has 1 saturated heterocycles. The van der Waals surface area contributed by atoms with Crippen molar-refractivity contribution < 1.29 is 24.5 Å². The van der Waals surface area contributed by atoms with E-state index < -0.39 is 11.9 Å². The Morgan fingerprint density at radius 2 is 1.65 bits per heavy atom. The van der Waals surface area contributed by atoms with Crippen LogP contribution in [0.25, 0.3) is 0 Å². The Bertz CT molecular complexity index is 2190. The number of ether oxygens (including phenoxy) is 1. The van der Waals surface area contributed by atoms with Crippen LogP contribution >= 0.6 is 0 Å². The van der Waals surface area contributed by atoms with Gasteiger partial charge in [0.15, 0.2) is 0 Å². The first-order valence-electron chi connectivity index (χ1n) is 17.9. The van der Waals surface area contributed by atoms with Gasteiger partial charge in [-0.3, -0.25) is 9.59 Å². The largest absolute Gasteiger partial charge is 0.510 e. The van der Waals surface area contributed by atoms with Crippen molar-refractivity contribution >= 4 is 28.9 Å². The van der Waals surface area contributed by atoms with Crippen LogP contribution in [0.4, 0.5) is 0 Å². The van der Waals surface area contributed by atoms with Crippen LogP contribution in [0.5, 0.6) is 0 Å². The SMILES string of the molecule is C=CC1=C(C)C2=NC1=CC1=NC(=CC3=C(C)C4=C(O)C(C(=O)OC)C(=C5NC(=C2)[C@@H](C)[C@@H]5CCC(=O)Cc2ccc(CO)cc2)C4=N3)C(CC)=C1C. The van der Waals surface area contributed by atoms with Gasteiger partial charge in [-0.15, -0.1) is 0 Å². The maximum atomic E-state index is 13.5. The second-order valence-corrected chi connectivity index (χ2v) is 14.1. The van der Waals surface area contributed by atoms with Gasteiger partial charge in [-0.2, -0.15) is 0 Å². The minimum absolute atomic E-state index is 0.0500. The Morgan fingerprint density at radius 3 is 2.33 bits per heavy atom. The van der Waals surface area contributed by atoms with E-state index in [9.17, 15) is 19.8 Å². The van der Waals surface area contributed by atoms with E-state index in [0.717, 1.165) is 79.6 Å². The molecule has 9 heteroatoms. The third kappa shape index (κ3) is 5.73. The number of ketones is 1. The van der Waals surface area contributed by atoms with Gasteiger partial charge >= 0.3 is 5.97 Å². The summed E-state index contributed by atoms with van der Waals surface area (Å²) in [5.74, 6) is -1.96. The van der Waals surface area contributed by atoms with E-state index in [1.54, 1.807) is 0 Å². The van der Waals surface area contributed by atoms with Gasteiger partial charge < -0.3 is 20.3 Å². The molecule has 8 bridgehead atoms. The van der Waals surface area contributed by atoms with E-state index in [-0.39, 0.29) is 36.4 Å². The van der Waals surface area contributed by atoms with E-state index >= 15 is 0 Å². The Hall–Kier alpha value is -5.41. The molecule has 6 aliphatic rings. The lowest BCUT2D eigenvalue weighted by atomic mass is 9.83.